The summed E-state index contributed by atoms with van der Waals surface area (Å²) in [5.74, 6) is 0.0758. The van der Waals surface area contributed by atoms with E-state index in [1.807, 2.05) is 0 Å². The van der Waals surface area contributed by atoms with Crippen molar-refractivity contribution >= 4 is 17.9 Å². The molecule has 7 nitrogen and oxygen atoms in total. The van der Waals surface area contributed by atoms with Crippen molar-refractivity contribution in [2.24, 2.45) is 0 Å². The van der Waals surface area contributed by atoms with Crippen molar-refractivity contribution < 1.29 is 24.0 Å². The van der Waals surface area contributed by atoms with E-state index in [0.717, 1.165) is 0 Å². The largest absolute Gasteiger partial charge is 0.493 e. The first-order chi connectivity index (χ1) is 10.1. The van der Waals surface area contributed by atoms with E-state index in [-0.39, 0.29) is 17.2 Å². The van der Waals surface area contributed by atoms with Gasteiger partial charge < -0.3 is 9.47 Å². The van der Waals surface area contributed by atoms with Crippen LogP contribution in [0.25, 0.3) is 0 Å². The van der Waals surface area contributed by atoms with Crippen molar-refractivity contribution in [3.63, 3.8) is 0 Å². The Balaban J connectivity index is 2.42. The molecule has 0 radical (unpaired) electrons. The van der Waals surface area contributed by atoms with Gasteiger partial charge in [0.15, 0.2) is 6.29 Å². The number of nitro groups is 1. The number of carbonyl (C=O) groups excluding carboxylic acids is 2. The highest BCUT2D eigenvalue weighted by Gasteiger charge is 2.14. The molecule has 0 amide bonds. The molecule has 1 aromatic rings. The van der Waals surface area contributed by atoms with Crippen molar-refractivity contribution in [3.05, 3.63) is 33.9 Å². The standard InChI is InChI=1S/C14H17NO6/c1-2-20-14(17)5-3-4-8-21-12-7-6-11(10-16)13(9-12)15(18)19/h6-7,9-10H,2-5,8H2,1H3. The molecular weight excluding hydrogens is 278 g/mol. The molecular formula is C14H17NO6. The molecule has 0 unspecified atom stereocenters. The average Bonchev–Trinajstić information content (AvgIpc) is 2.47. The molecule has 7 heteroatoms. The highest BCUT2D eigenvalue weighted by atomic mass is 16.6. The van der Waals surface area contributed by atoms with Gasteiger partial charge in [-0.2, -0.15) is 0 Å². The highest BCUT2D eigenvalue weighted by Crippen LogP contribution is 2.23. The van der Waals surface area contributed by atoms with Crippen molar-refractivity contribution in [1.82, 2.24) is 0 Å². The Hall–Kier alpha value is -2.44. The van der Waals surface area contributed by atoms with Crippen LogP contribution in [0.1, 0.15) is 36.5 Å². The monoisotopic (exact) mass is 295 g/mol. The van der Waals surface area contributed by atoms with Crippen molar-refractivity contribution in [3.8, 4) is 5.75 Å². The fourth-order valence-electron chi connectivity index (χ4n) is 1.67. The van der Waals surface area contributed by atoms with Crippen LogP contribution in [-0.2, 0) is 9.53 Å². The van der Waals surface area contributed by atoms with Gasteiger partial charge in [-0.3, -0.25) is 19.7 Å². The lowest BCUT2D eigenvalue weighted by molar-refractivity contribution is -0.385. The molecule has 1 aromatic carbocycles. The van der Waals surface area contributed by atoms with Crippen LogP contribution in [0, 0.1) is 10.1 Å². The number of aldehydes is 1. The fourth-order valence-corrected chi connectivity index (χ4v) is 1.67. The van der Waals surface area contributed by atoms with Crippen LogP contribution in [0.5, 0.6) is 5.75 Å². The number of ether oxygens (including phenoxy) is 2. The van der Waals surface area contributed by atoms with Crippen LogP contribution >= 0.6 is 0 Å². The second kappa shape index (κ2) is 8.68. The summed E-state index contributed by atoms with van der Waals surface area (Å²) in [6, 6.07) is 4.07. The molecule has 1 rings (SSSR count). The van der Waals surface area contributed by atoms with Crippen LogP contribution in [-0.4, -0.2) is 30.4 Å². The third kappa shape index (κ3) is 5.60. The highest BCUT2D eigenvalue weighted by molar-refractivity contribution is 5.81. The van der Waals surface area contributed by atoms with Crippen molar-refractivity contribution in [2.75, 3.05) is 13.2 Å². The Morgan fingerprint density at radius 1 is 1.38 bits per heavy atom. The molecule has 0 aromatic heterocycles. The second-order valence-corrected chi connectivity index (χ2v) is 4.21. The van der Waals surface area contributed by atoms with Gasteiger partial charge in [-0.05, 0) is 31.9 Å². The zero-order valence-electron chi connectivity index (χ0n) is 11.7. The molecule has 0 atom stereocenters. The summed E-state index contributed by atoms with van der Waals surface area (Å²) >= 11 is 0. The third-order valence-corrected chi connectivity index (χ3v) is 2.67. The van der Waals surface area contributed by atoms with Gasteiger partial charge in [0.1, 0.15) is 5.75 Å². The zero-order valence-corrected chi connectivity index (χ0v) is 11.7. The number of hydrogen-bond donors (Lipinski definition) is 0. The maximum atomic E-state index is 11.1. The maximum Gasteiger partial charge on any atom is 0.305 e. The quantitative estimate of drug-likeness (QED) is 0.228. The number of rotatable bonds is 9. The van der Waals surface area contributed by atoms with Gasteiger partial charge in [0.25, 0.3) is 5.69 Å². The third-order valence-electron chi connectivity index (χ3n) is 2.67. The Kier molecular flexibility index (Phi) is 6.86. The van der Waals surface area contributed by atoms with Crippen LogP contribution in [0.4, 0.5) is 5.69 Å². The first kappa shape index (κ1) is 16.6. The van der Waals surface area contributed by atoms with E-state index in [2.05, 4.69) is 0 Å². The van der Waals surface area contributed by atoms with E-state index in [4.69, 9.17) is 9.47 Å². The summed E-state index contributed by atoms with van der Waals surface area (Å²) in [7, 11) is 0. The van der Waals surface area contributed by atoms with E-state index in [0.29, 0.717) is 44.5 Å². The molecule has 21 heavy (non-hydrogen) atoms. The van der Waals surface area contributed by atoms with Gasteiger partial charge in [0.2, 0.25) is 0 Å². The minimum atomic E-state index is -0.628. The number of esters is 1. The van der Waals surface area contributed by atoms with Crippen molar-refractivity contribution in [2.45, 2.75) is 26.2 Å². The number of unbranched alkanes of at least 4 members (excludes halogenated alkanes) is 1. The number of carbonyl (C=O) groups is 2. The lowest BCUT2D eigenvalue weighted by Crippen LogP contribution is -2.05. The van der Waals surface area contributed by atoms with E-state index in [1.165, 1.54) is 18.2 Å². The Morgan fingerprint density at radius 3 is 2.76 bits per heavy atom. The van der Waals surface area contributed by atoms with E-state index < -0.39 is 4.92 Å². The minimum absolute atomic E-state index is 0.00895. The van der Waals surface area contributed by atoms with Crippen LogP contribution in [0.15, 0.2) is 18.2 Å². The summed E-state index contributed by atoms with van der Waals surface area (Å²) in [6.07, 6.45) is 2.00. The van der Waals surface area contributed by atoms with Crippen LogP contribution in [0.3, 0.4) is 0 Å². The Labute approximate surface area is 122 Å². The fraction of sp³-hybridized carbons (Fsp3) is 0.429. The normalized spacial score (nSPS) is 9.95. The molecule has 114 valence electrons. The van der Waals surface area contributed by atoms with Crippen LogP contribution < -0.4 is 4.74 Å². The first-order valence-electron chi connectivity index (χ1n) is 6.60. The molecule has 0 aliphatic carbocycles. The van der Waals surface area contributed by atoms with Gasteiger partial charge >= 0.3 is 5.97 Å². The molecule has 0 spiro atoms. The van der Waals surface area contributed by atoms with Gasteiger partial charge in [-0.1, -0.05) is 0 Å². The minimum Gasteiger partial charge on any atom is -0.493 e. The molecule has 0 saturated heterocycles. The zero-order chi connectivity index (χ0) is 15.7. The predicted octanol–water partition coefficient (Wildman–Crippen LogP) is 2.52. The SMILES string of the molecule is CCOC(=O)CCCCOc1ccc(C=O)c([N+](=O)[O-])c1. The van der Waals surface area contributed by atoms with E-state index >= 15 is 0 Å². The molecule has 0 bridgehead atoms. The van der Waals surface area contributed by atoms with Gasteiger partial charge in [0, 0.05) is 6.42 Å². The Bertz CT molecular complexity index is 514. The summed E-state index contributed by atoms with van der Waals surface area (Å²) in [5.41, 5.74) is -0.274. The van der Waals surface area contributed by atoms with Gasteiger partial charge in [0.05, 0.1) is 29.8 Å². The molecule has 0 fully saturated rings. The lowest BCUT2D eigenvalue weighted by atomic mass is 10.2. The molecule has 0 heterocycles. The van der Waals surface area contributed by atoms with Crippen LogP contribution in [0.2, 0.25) is 0 Å². The topological polar surface area (TPSA) is 95.7 Å². The van der Waals surface area contributed by atoms with E-state index in [9.17, 15) is 19.7 Å². The summed E-state index contributed by atoms with van der Waals surface area (Å²) in [5, 5.41) is 10.8. The summed E-state index contributed by atoms with van der Waals surface area (Å²) in [4.78, 5) is 31.9. The van der Waals surface area contributed by atoms with E-state index in [1.54, 1.807) is 6.92 Å². The summed E-state index contributed by atoms with van der Waals surface area (Å²) in [6.45, 7) is 2.44. The molecule has 0 aliphatic heterocycles. The summed E-state index contributed by atoms with van der Waals surface area (Å²) < 4.78 is 10.2. The molecule has 0 N–H and O–H groups in total. The molecule has 0 aliphatic rings. The smallest absolute Gasteiger partial charge is 0.305 e. The second-order valence-electron chi connectivity index (χ2n) is 4.21. The predicted molar refractivity (Wildman–Crippen MR) is 74.5 cm³/mol. The lowest BCUT2D eigenvalue weighted by Gasteiger charge is -2.06. The Morgan fingerprint density at radius 2 is 2.14 bits per heavy atom. The maximum absolute atomic E-state index is 11.1. The first-order valence-corrected chi connectivity index (χ1v) is 6.60. The molecule has 0 saturated carbocycles. The number of nitro benzene ring substituents is 1. The number of benzene rings is 1. The number of hydrogen-bond acceptors (Lipinski definition) is 6. The van der Waals surface area contributed by atoms with Gasteiger partial charge in [-0.15, -0.1) is 0 Å². The average molecular weight is 295 g/mol. The van der Waals surface area contributed by atoms with Gasteiger partial charge in [-0.25, -0.2) is 0 Å². The van der Waals surface area contributed by atoms with Crippen molar-refractivity contribution in [1.29, 1.82) is 0 Å². The number of nitrogens with zero attached hydrogens (tertiary/aromatic N) is 1.